The van der Waals surface area contributed by atoms with Crippen molar-refractivity contribution in [1.82, 2.24) is 9.97 Å². The molecule has 20 heavy (non-hydrogen) atoms. The Labute approximate surface area is 121 Å². The Hall–Kier alpha value is -1.88. The van der Waals surface area contributed by atoms with Crippen molar-refractivity contribution in [2.24, 2.45) is 0 Å². The Morgan fingerprint density at radius 2 is 2.10 bits per heavy atom. The minimum Gasteiger partial charge on any atom is -0.378 e. The fourth-order valence-electron chi connectivity index (χ4n) is 2.15. The van der Waals surface area contributed by atoms with Crippen molar-refractivity contribution in [3.05, 3.63) is 56.5 Å². The summed E-state index contributed by atoms with van der Waals surface area (Å²) in [5.41, 5.74) is 1.68. The maximum absolute atomic E-state index is 13.1. The van der Waals surface area contributed by atoms with Gasteiger partial charge in [-0.2, -0.15) is 0 Å². The average Bonchev–Trinajstić information content (AvgIpc) is 2.32. The van der Waals surface area contributed by atoms with E-state index in [1.807, 2.05) is 6.92 Å². The number of aromatic amines is 1. The molecular formula is C14H15ClFN3O. The Bertz CT molecular complexity index is 699. The van der Waals surface area contributed by atoms with Crippen LogP contribution in [0, 0.1) is 19.7 Å². The van der Waals surface area contributed by atoms with Gasteiger partial charge in [0.1, 0.15) is 11.6 Å². The highest BCUT2D eigenvalue weighted by molar-refractivity contribution is 6.31. The first-order valence-electron chi connectivity index (χ1n) is 6.17. The van der Waals surface area contributed by atoms with Crippen molar-refractivity contribution in [2.75, 3.05) is 5.32 Å². The van der Waals surface area contributed by atoms with Crippen LogP contribution in [0.5, 0.6) is 0 Å². The molecular weight excluding hydrogens is 281 g/mol. The number of nitrogens with one attached hydrogen (secondary N) is 2. The second-order valence-electron chi connectivity index (χ2n) is 4.65. The van der Waals surface area contributed by atoms with Gasteiger partial charge in [-0.15, -0.1) is 0 Å². The Morgan fingerprint density at radius 1 is 1.40 bits per heavy atom. The zero-order valence-electron chi connectivity index (χ0n) is 11.4. The summed E-state index contributed by atoms with van der Waals surface area (Å²) in [6.07, 6.45) is 0. The normalized spacial score (nSPS) is 12.2. The van der Waals surface area contributed by atoms with Crippen molar-refractivity contribution in [2.45, 2.75) is 26.8 Å². The van der Waals surface area contributed by atoms with Gasteiger partial charge in [0.25, 0.3) is 5.56 Å². The summed E-state index contributed by atoms with van der Waals surface area (Å²) in [6, 6.07) is 4.07. The molecule has 4 nitrogen and oxygen atoms in total. The number of nitrogens with zero attached hydrogens (tertiary/aromatic N) is 1. The molecule has 1 unspecified atom stereocenters. The van der Waals surface area contributed by atoms with E-state index in [2.05, 4.69) is 15.3 Å². The molecule has 1 aromatic heterocycles. The van der Waals surface area contributed by atoms with Crippen molar-refractivity contribution in [1.29, 1.82) is 0 Å². The van der Waals surface area contributed by atoms with E-state index in [0.29, 0.717) is 22.8 Å². The lowest BCUT2D eigenvalue weighted by molar-refractivity contribution is 0.628. The molecule has 0 aliphatic carbocycles. The molecule has 1 heterocycles. The van der Waals surface area contributed by atoms with Crippen LogP contribution in [0.25, 0.3) is 0 Å². The number of anilines is 1. The highest BCUT2D eigenvalue weighted by atomic mass is 35.5. The van der Waals surface area contributed by atoms with Crippen LogP contribution >= 0.6 is 11.6 Å². The first-order chi connectivity index (χ1) is 9.38. The second-order valence-corrected chi connectivity index (χ2v) is 5.05. The van der Waals surface area contributed by atoms with Gasteiger partial charge < -0.3 is 10.3 Å². The van der Waals surface area contributed by atoms with Crippen molar-refractivity contribution >= 4 is 17.3 Å². The highest BCUT2D eigenvalue weighted by Gasteiger charge is 2.15. The summed E-state index contributed by atoms with van der Waals surface area (Å²) in [5, 5.41) is 3.15. The molecule has 0 fully saturated rings. The third kappa shape index (κ3) is 2.99. The quantitative estimate of drug-likeness (QED) is 0.913. The lowest BCUT2D eigenvalue weighted by atomic mass is 10.1. The number of H-pyrrole nitrogens is 1. The second kappa shape index (κ2) is 5.63. The predicted molar refractivity (Wildman–Crippen MR) is 77.8 cm³/mol. The van der Waals surface area contributed by atoms with E-state index in [-0.39, 0.29) is 16.6 Å². The van der Waals surface area contributed by atoms with E-state index < -0.39 is 5.82 Å². The van der Waals surface area contributed by atoms with Crippen molar-refractivity contribution in [3.63, 3.8) is 0 Å². The summed E-state index contributed by atoms with van der Waals surface area (Å²) in [4.78, 5) is 18.9. The van der Waals surface area contributed by atoms with Crippen LogP contribution in [0.4, 0.5) is 10.1 Å². The maximum Gasteiger partial charge on any atom is 0.256 e. The molecule has 0 aliphatic heterocycles. The first kappa shape index (κ1) is 14.5. The largest absolute Gasteiger partial charge is 0.378 e. The van der Waals surface area contributed by atoms with Gasteiger partial charge in [-0.05, 0) is 39.0 Å². The van der Waals surface area contributed by atoms with Crippen LogP contribution in [-0.2, 0) is 0 Å². The summed E-state index contributed by atoms with van der Waals surface area (Å²) < 4.78 is 13.1. The van der Waals surface area contributed by atoms with Gasteiger partial charge in [-0.1, -0.05) is 11.6 Å². The smallest absolute Gasteiger partial charge is 0.256 e. The molecule has 0 radical (unpaired) electrons. The molecule has 0 saturated carbocycles. The summed E-state index contributed by atoms with van der Waals surface area (Å²) in [5.74, 6) is 0.101. The predicted octanol–water partition coefficient (Wildman–Crippen LogP) is 3.35. The van der Waals surface area contributed by atoms with Gasteiger partial charge in [0.2, 0.25) is 0 Å². The van der Waals surface area contributed by atoms with Crippen LogP contribution in [0.1, 0.15) is 30.0 Å². The van der Waals surface area contributed by atoms with Crippen molar-refractivity contribution in [3.8, 4) is 0 Å². The van der Waals surface area contributed by atoms with E-state index >= 15 is 0 Å². The fraction of sp³-hybridized carbons (Fsp3) is 0.286. The molecule has 0 amide bonds. The molecule has 0 bridgehead atoms. The number of hydrogen-bond donors (Lipinski definition) is 2. The van der Waals surface area contributed by atoms with E-state index in [0.717, 1.165) is 0 Å². The zero-order chi connectivity index (χ0) is 14.9. The van der Waals surface area contributed by atoms with E-state index in [4.69, 9.17) is 11.6 Å². The van der Waals surface area contributed by atoms with E-state index in [1.54, 1.807) is 19.9 Å². The van der Waals surface area contributed by atoms with Gasteiger partial charge in [-0.25, -0.2) is 9.37 Å². The standard InChI is InChI=1S/C14H15ClFN3O/c1-7-13(14(20)19-9(3)17-7)8(2)18-10-4-5-12(16)11(15)6-10/h4-6,8,18H,1-3H3,(H,17,19,20). The first-order valence-corrected chi connectivity index (χ1v) is 6.55. The van der Waals surface area contributed by atoms with Crippen molar-refractivity contribution < 1.29 is 4.39 Å². The summed E-state index contributed by atoms with van der Waals surface area (Å²) in [7, 11) is 0. The SMILES string of the molecule is Cc1nc(C)c(C(C)Nc2ccc(F)c(Cl)c2)c(=O)[nH]1. The fourth-order valence-corrected chi connectivity index (χ4v) is 2.33. The Balaban J connectivity index is 2.30. The molecule has 0 aliphatic rings. The average molecular weight is 296 g/mol. The van der Waals surface area contributed by atoms with Gasteiger partial charge in [-0.3, -0.25) is 4.79 Å². The van der Waals surface area contributed by atoms with Crippen LogP contribution in [0.3, 0.4) is 0 Å². The summed E-state index contributed by atoms with van der Waals surface area (Å²) in [6.45, 7) is 5.36. The monoisotopic (exact) mass is 295 g/mol. The Kier molecular flexibility index (Phi) is 4.09. The lowest BCUT2D eigenvalue weighted by Gasteiger charge is -2.17. The zero-order valence-corrected chi connectivity index (χ0v) is 12.2. The number of benzene rings is 1. The van der Waals surface area contributed by atoms with E-state index in [1.165, 1.54) is 12.1 Å². The highest BCUT2D eigenvalue weighted by Crippen LogP contribution is 2.23. The third-order valence-electron chi connectivity index (χ3n) is 3.00. The molecule has 2 rings (SSSR count). The molecule has 2 aromatic rings. The Morgan fingerprint density at radius 3 is 2.70 bits per heavy atom. The molecule has 0 saturated heterocycles. The van der Waals surface area contributed by atoms with Gasteiger partial charge in [0.15, 0.2) is 0 Å². The molecule has 0 spiro atoms. The van der Waals surface area contributed by atoms with Gasteiger partial charge >= 0.3 is 0 Å². The number of rotatable bonds is 3. The minimum atomic E-state index is -0.476. The van der Waals surface area contributed by atoms with Gasteiger partial charge in [0.05, 0.1) is 22.3 Å². The van der Waals surface area contributed by atoms with Crippen LogP contribution in [-0.4, -0.2) is 9.97 Å². The molecule has 2 N–H and O–H groups in total. The molecule has 1 aromatic carbocycles. The molecule has 6 heteroatoms. The minimum absolute atomic E-state index is 0.0369. The topological polar surface area (TPSA) is 57.8 Å². The molecule has 1 atom stereocenters. The van der Waals surface area contributed by atoms with Crippen LogP contribution in [0.2, 0.25) is 5.02 Å². The maximum atomic E-state index is 13.1. The summed E-state index contributed by atoms with van der Waals surface area (Å²) >= 11 is 5.73. The number of halogens is 2. The molecule has 106 valence electrons. The number of aryl methyl sites for hydroxylation is 2. The van der Waals surface area contributed by atoms with Gasteiger partial charge in [0, 0.05) is 5.69 Å². The van der Waals surface area contributed by atoms with E-state index in [9.17, 15) is 9.18 Å². The van der Waals surface area contributed by atoms with Crippen LogP contribution in [0.15, 0.2) is 23.0 Å². The third-order valence-corrected chi connectivity index (χ3v) is 3.29. The lowest BCUT2D eigenvalue weighted by Crippen LogP contribution is -2.23. The van der Waals surface area contributed by atoms with Crippen LogP contribution < -0.4 is 10.9 Å². The number of hydrogen-bond acceptors (Lipinski definition) is 3. The number of aromatic nitrogens is 2.